The molecular formula is C22H25N3O7S. The molecule has 0 unspecified atom stereocenters. The van der Waals surface area contributed by atoms with Crippen molar-refractivity contribution in [1.29, 1.82) is 0 Å². The maximum Gasteiger partial charge on any atom is 0.328 e. The van der Waals surface area contributed by atoms with Crippen molar-refractivity contribution in [3.63, 3.8) is 0 Å². The number of carbonyl (C=O) groups is 3. The van der Waals surface area contributed by atoms with Crippen LogP contribution in [-0.4, -0.2) is 71.4 Å². The highest BCUT2D eigenvalue weighted by atomic mass is 32.2. The lowest BCUT2D eigenvalue weighted by atomic mass is 10.0. The van der Waals surface area contributed by atoms with Gasteiger partial charge < -0.3 is 29.9 Å². The number of amides is 1. The van der Waals surface area contributed by atoms with Gasteiger partial charge in [0.15, 0.2) is 17.0 Å². The van der Waals surface area contributed by atoms with Crippen molar-refractivity contribution in [2.24, 2.45) is 4.99 Å². The second kappa shape index (κ2) is 9.94. The Balaban J connectivity index is 1.38. The minimum absolute atomic E-state index is 0.152. The van der Waals surface area contributed by atoms with Gasteiger partial charge in [-0.25, -0.2) is 9.79 Å². The fraction of sp³-hybridized carbons (Fsp3) is 0.455. The van der Waals surface area contributed by atoms with Gasteiger partial charge in [0.05, 0.1) is 18.1 Å². The first kappa shape index (κ1) is 23.3. The third-order valence-electron chi connectivity index (χ3n) is 5.74. The van der Waals surface area contributed by atoms with Crippen molar-refractivity contribution < 1.29 is 34.1 Å². The number of carboxylic acid groups (broad SMARTS) is 2. The summed E-state index contributed by atoms with van der Waals surface area (Å²) in [6.45, 7) is 2.98. The first-order valence-electron chi connectivity index (χ1n) is 10.7. The number of carboxylic acids is 2. The molecule has 1 aromatic rings. The molecule has 0 aromatic heterocycles. The summed E-state index contributed by atoms with van der Waals surface area (Å²) in [6.07, 6.45) is 2.88. The van der Waals surface area contributed by atoms with Crippen molar-refractivity contribution in [3.8, 4) is 0 Å². The molecule has 3 N–H and O–H groups in total. The summed E-state index contributed by atoms with van der Waals surface area (Å²) in [6, 6.07) is 6.61. The van der Waals surface area contributed by atoms with Gasteiger partial charge in [-0.2, -0.15) is 0 Å². The number of amidine groups is 1. The van der Waals surface area contributed by atoms with E-state index in [1.54, 1.807) is 6.08 Å². The number of piperidine rings is 1. The topological polar surface area (TPSA) is 138 Å². The quantitative estimate of drug-likeness (QED) is 0.505. The average molecular weight is 476 g/mol. The number of rotatable bonds is 7. The molecule has 0 radical (unpaired) electrons. The first-order valence-corrected chi connectivity index (χ1v) is 11.5. The highest BCUT2D eigenvalue weighted by Crippen LogP contribution is 2.33. The first-order chi connectivity index (χ1) is 15.8. The van der Waals surface area contributed by atoms with E-state index in [1.807, 2.05) is 24.3 Å². The molecule has 33 heavy (non-hydrogen) atoms. The van der Waals surface area contributed by atoms with Gasteiger partial charge >= 0.3 is 11.9 Å². The summed E-state index contributed by atoms with van der Waals surface area (Å²) < 4.78 is 11.5. The Hall–Kier alpha value is -2.89. The predicted molar refractivity (Wildman–Crippen MR) is 122 cm³/mol. The summed E-state index contributed by atoms with van der Waals surface area (Å²) in [5.41, 5.74) is 1.91. The molecule has 11 heteroatoms. The normalized spacial score (nSPS) is 23.3. The number of thioether (sulfide) groups is 1. The zero-order valence-corrected chi connectivity index (χ0v) is 18.7. The molecular weight excluding hydrogens is 450 g/mol. The van der Waals surface area contributed by atoms with Gasteiger partial charge in [0.2, 0.25) is 0 Å². The van der Waals surface area contributed by atoms with E-state index in [0.29, 0.717) is 18.1 Å². The van der Waals surface area contributed by atoms with Crippen LogP contribution in [0.3, 0.4) is 0 Å². The van der Waals surface area contributed by atoms with Crippen molar-refractivity contribution in [2.45, 2.75) is 37.5 Å². The second-order valence-corrected chi connectivity index (χ2v) is 9.00. The van der Waals surface area contributed by atoms with Crippen LogP contribution in [0.15, 0.2) is 34.2 Å². The number of nitrogens with zero attached hydrogens (tertiary/aromatic N) is 2. The smallest absolute Gasteiger partial charge is 0.328 e. The molecule has 176 valence electrons. The van der Waals surface area contributed by atoms with Crippen LogP contribution in [0.25, 0.3) is 6.08 Å². The van der Waals surface area contributed by atoms with E-state index in [0.717, 1.165) is 48.9 Å². The predicted octanol–water partition coefficient (Wildman–Crippen LogP) is 1.91. The zero-order chi connectivity index (χ0) is 23.4. The highest BCUT2D eigenvalue weighted by molar-refractivity contribution is 8.18. The van der Waals surface area contributed by atoms with E-state index < -0.39 is 23.8 Å². The molecule has 3 heterocycles. The summed E-state index contributed by atoms with van der Waals surface area (Å²) in [4.78, 5) is 41.0. The Labute approximate surface area is 194 Å². The highest BCUT2D eigenvalue weighted by Gasteiger charge is 2.39. The van der Waals surface area contributed by atoms with Gasteiger partial charge in [0.25, 0.3) is 5.91 Å². The van der Waals surface area contributed by atoms with Gasteiger partial charge in [-0.15, -0.1) is 0 Å². The molecule has 0 bridgehead atoms. The molecule has 0 saturated carbocycles. The molecule has 3 aliphatic heterocycles. The molecule has 3 fully saturated rings. The number of nitrogens with one attached hydrogen (secondary N) is 1. The lowest BCUT2D eigenvalue weighted by Gasteiger charge is -2.38. The summed E-state index contributed by atoms with van der Waals surface area (Å²) >= 11 is 1.04. The van der Waals surface area contributed by atoms with Crippen LogP contribution in [0.5, 0.6) is 0 Å². The van der Waals surface area contributed by atoms with E-state index in [4.69, 9.17) is 14.6 Å². The van der Waals surface area contributed by atoms with Gasteiger partial charge in [-0.05, 0) is 42.0 Å². The van der Waals surface area contributed by atoms with Crippen LogP contribution < -0.4 is 10.2 Å². The SMILES string of the molecule is O=C(O)CC[C@H](N=C1NC(=O)/C(=C/c2ccc(N3CCC4(CC3)OCCO4)cc2)S1)C(=O)O. The van der Waals surface area contributed by atoms with Crippen LogP contribution in [0, 0.1) is 0 Å². The lowest BCUT2D eigenvalue weighted by Crippen LogP contribution is -2.45. The third-order valence-corrected chi connectivity index (χ3v) is 6.66. The fourth-order valence-electron chi connectivity index (χ4n) is 3.96. The van der Waals surface area contributed by atoms with Crippen LogP contribution >= 0.6 is 11.8 Å². The minimum atomic E-state index is -1.23. The summed E-state index contributed by atoms with van der Waals surface area (Å²) in [5, 5.41) is 20.7. The number of hydrogen-bond donors (Lipinski definition) is 3. The van der Waals surface area contributed by atoms with E-state index in [2.05, 4.69) is 15.2 Å². The Bertz CT molecular complexity index is 976. The minimum Gasteiger partial charge on any atom is -0.481 e. The molecule has 10 nitrogen and oxygen atoms in total. The molecule has 1 amide bonds. The second-order valence-electron chi connectivity index (χ2n) is 7.97. The van der Waals surface area contributed by atoms with Crippen LogP contribution in [0.4, 0.5) is 5.69 Å². The van der Waals surface area contributed by atoms with Gasteiger partial charge in [-0.3, -0.25) is 9.59 Å². The number of aliphatic imine (C=N–C) groups is 1. The Morgan fingerprint density at radius 2 is 1.85 bits per heavy atom. The molecule has 1 aromatic carbocycles. The van der Waals surface area contributed by atoms with Crippen molar-refractivity contribution in [1.82, 2.24) is 5.32 Å². The number of anilines is 1. The number of carbonyl (C=O) groups excluding carboxylic acids is 1. The average Bonchev–Trinajstić information content (AvgIpc) is 3.38. The van der Waals surface area contributed by atoms with Crippen molar-refractivity contribution in [2.75, 3.05) is 31.2 Å². The standard InChI is InChI=1S/C22H25N3O7S/c26-18(27)6-5-16(20(29)30)23-21-24-19(28)17(33-21)13-14-1-3-15(4-2-14)25-9-7-22(8-10-25)31-11-12-32-22/h1-4,13,16H,5-12H2,(H,26,27)(H,29,30)(H,23,24,28)/b17-13-/t16-/m0/s1. The molecule has 3 aliphatic rings. The molecule has 1 spiro atoms. The van der Waals surface area contributed by atoms with Crippen molar-refractivity contribution in [3.05, 3.63) is 34.7 Å². The van der Waals surface area contributed by atoms with Crippen LogP contribution in [0.1, 0.15) is 31.2 Å². The Morgan fingerprint density at radius 3 is 2.45 bits per heavy atom. The number of aliphatic carboxylic acids is 2. The molecule has 3 saturated heterocycles. The maximum absolute atomic E-state index is 12.3. The zero-order valence-electron chi connectivity index (χ0n) is 17.9. The van der Waals surface area contributed by atoms with Gasteiger partial charge in [-0.1, -0.05) is 12.1 Å². The molecule has 4 rings (SSSR count). The van der Waals surface area contributed by atoms with Crippen LogP contribution in [-0.2, 0) is 23.9 Å². The maximum atomic E-state index is 12.3. The fourth-order valence-corrected chi connectivity index (χ4v) is 4.83. The van der Waals surface area contributed by atoms with E-state index >= 15 is 0 Å². The van der Waals surface area contributed by atoms with E-state index in [1.165, 1.54) is 0 Å². The molecule has 1 atom stereocenters. The van der Waals surface area contributed by atoms with Crippen molar-refractivity contribution >= 4 is 46.5 Å². The largest absolute Gasteiger partial charge is 0.481 e. The number of benzene rings is 1. The Kier molecular flexibility index (Phi) is 7.01. The molecule has 0 aliphatic carbocycles. The third kappa shape index (κ3) is 5.73. The van der Waals surface area contributed by atoms with Gasteiger partial charge in [0, 0.05) is 38.0 Å². The lowest BCUT2D eigenvalue weighted by molar-refractivity contribution is -0.169. The summed E-state index contributed by atoms with van der Waals surface area (Å²) in [5.74, 6) is -3.12. The monoisotopic (exact) mass is 475 g/mol. The number of hydrogen-bond acceptors (Lipinski definition) is 8. The Morgan fingerprint density at radius 1 is 1.18 bits per heavy atom. The van der Waals surface area contributed by atoms with E-state index in [9.17, 15) is 19.5 Å². The van der Waals surface area contributed by atoms with Gasteiger partial charge in [0.1, 0.15) is 0 Å². The number of ether oxygens (including phenoxy) is 2. The summed E-state index contributed by atoms with van der Waals surface area (Å²) in [7, 11) is 0. The van der Waals surface area contributed by atoms with E-state index in [-0.39, 0.29) is 23.9 Å². The van der Waals surface area contributed by atoms with Crippen LogP contribution in [0.2, 0.25) is 0 Å².